The first kappa shape index (κ1) is 13.6. The van der Waals surface area contributed by atoms with Crippen molar-refractivity contribution in [3.8, 4) is 5.75 Å². The summed E-state index contributed by atoms with van der Waals surface area (Å²) in [6.07, 6.45) is 0. The number of para-hydroxylation sites is 1. The second kappa shape index (κ2) is 6.38. The number of aliphatic carboxylic acids is 1. The molecule has 0 unspecified atom stereocenters. The van der Waals surface area contributed by atoms with Gasteiger partial charge in [0.2, 0.25) is 0 Å². The van der Waals surface area contributed by atoms with Crippen LogP contribution in [0.2, 0.25) is 0 Å². The van der Waals surface area contributed by atoms with Gasteiger partial charge in [0.25, 0.3) is 0 Å². The minimum absolute atomic E-state index is 0.146. The third-order valence-corrected chi connectivity index (χ3v) is 3.34. The Balaban J connectivity index is 2.42. The second-order valence-electron chi connectivity index (χ2n) is 3.73. The zero-order valence-corrected chi connectivity index (χ0v) is 12.1. The number of hydrogen-bond acceptors (Lipinski definition) is 2. The van der Waals surface area contributed by atoms with E-state index in [-0.39, 0.29) is 3.58 Å². The van der Waals surface area contributed by atoms with E-state index in [0.29, 0.717) is 11.5 Å². The van der Waals surface area contributed by atoms with Gasteiger partial charge in [0.15, 0.2) is 5.76 Å². The van der Waals surface area contributed by atoms with Gasteiger partial charge in [0.05, 0.1) is 0 Å². The molecule has 0 spiro atoms. The highest BCUT2D eigenvalue weighted by molar-refractivity contribution is 14.1. The Hall–Kier alpha value is -1.82. The van der Waals surface area contributed by atoms with E-state index in [0.717, 1.165) is 5.56 Å². The van der Waals surface area contributed by atoms with Crippen molar-refractivity contribution in [3.05, 3.63) is 69.8 Å². The number of carboxylic acid groups (broad SMARTS) is 1. The van der Waals surface area contributed by atoms with E-state index in [4.69, 9.17) is 9.84 Å². The molecule has 0 atom stereocenters. The van der Waals surface area contributed by atoms with E-state index in [1.165, 1.54) is 0 Å². The van der Waals surface area contributed by atoms with E-state index in [2.05, 4.69) is 0 Å². The average Bonchev–Trinajstić information content (AvgIpc) is 2.46. The molecule has 0 fully saturated rings. The highest BCUT2D eigenvalue weighted by atomic mass is 127. The molecule has 0 radical (unpaired) electrons. The fraction of sp³-hybridized carbons (Fsp3) is 0. The quantitative estimate of drug-likeness (QED) is 0.506. The molecule has 2 aromatic rings. The summed E-state index contributed by atoms with van der Waals surface area (Å²) in [7, 11) is 0. The maximum atomic E-state index is 11.2. The van der Waals surface area contributed by atoms with Crippen molar-refractivity contribution in [2.75, 3.05) is 0 Å². The van der Waals surface area contributed by atoms with Crippen LogP contribution >= 0.6 is 22.6 Å². The Kier molecular flexibility index (Phi) is 4.57. The van der Waals surface area contributed by atoms with E-state index in [9.17, 15) is 4.79 Å². The minimum Gasteiger partial charge on any atom is -0.477 e. The molecular formula is C15H11IO3. The standard InChI is InChI=1S/C15H11IO3/c16-13(15(17)18)14(11-7-3-1-4-8-11)19-12-9-5-2-6-10-12/h1-10H,(H,17,18)/b14-13-. The van der Waals surface area contributed by atoms with Crippen LogP contribution in [0.1, 0.15) is 5.56 Å². The Labute approximate surface area is 124 Å². The van der Waals surface area contributed by atoms with Gasteiger partial charge in [0, 0.05) is 5.56 Å². The number of benzene rings is 2. The summed E-state index contributed by atoms with van der Waals surface area (Å²) >= 11 is 1.78. The van der Waals surface area contributed by atoms with Crippen molar-refractivity contribution < 1.29 is 14.6 Å². The van der Waals surface area contributed by atoms with Gasteiger partial charge in [0.1, 0.15) is 9.33 Å². The fourth-order valence-corrected chi connectivity index (χ4v) is 1.94. The van der Waals surface area contributed by atoms with E-state index in [1.54, 1.807) is 34.7 Å². The molecule has 19 heavy (non-hydrogen) atoms. The van der Waals surface area contributed by atoms with Gasteiger partial charge in [-0.2, -0.15) is 0 Å². The molecule has 96 valence electrons. The van der Waals surface area contributed by atoms with Crippen LogP contribution in [0.25, 0.3) is 5.76 Å². The molecule has 2 rings (SSSR count). The lowest BCUT2D eigenvalue weighted by molar-refractivity contribution is -0.131. The van der Waals surface area contributed by atoms with Crippen molar-refractivity contribution >= 4 is 34.3 Å². The molecule has 0 aliphatic heterocycles. The largest absolute Gasteiger partial charge is 0.477 e. The van der Waals surface area contributed by atoms with Crippen molar-refractivity contribution in [2.24, 2.45) is 0 Å². The summed E-state index contributed by atoms with van der Waals surface area (Å²) in [6, 6.07) is 18.3. The topological polar surface area (TPSA) is 46.5 Å². The minimum atomic E-state index is -1.00. The maximum absolute atomic E-state index is 11.2. The molecule has 3 nitrogen and oxygen atoms in total. The molecular weight excluding hydrogens is 355 g/mol. The maximum Gasteiger partial charge on any atom is 0.345 e. The third kappa shape index (κ3) is 3.57. The van der Waals surface area contributed by atoms with Gasteiger partial charge < -0.3 is 9.84 Å². The zero-order valence-electron chi connectivity index (χ0n) is 9.92. The monoisotopic (exact) mass is 366 g/mol. The lowest BCUT2D eigenvalue weighted by Gasteiger charge is -2.11. The normalized spacial score (nSPS) is 11.6. The third-order valence-electron chi connectivity index (χ3n) is 2.39. The van der Waals surface area contributed by atoms with Crippen LogP contribution in [0.4, 0.5) is 0 Å². The molecule has 0 bridgehead atoms. The van der Waals surface area contributed by atoms with Crippen molar-refractivity contribution in [1.82, 2.24) is 0 Å². The SMILES string of the molecule is O=C(O)/C(I)=C(/Oc1ccccc1)c1ccccc1. The molecule has 0 aromatic heterocycles. The highest BCUT2D eigenvalue weighted by Gasteiger charge is 2.15. The summed E-state index contributed by atoms with van der Waals surface area (Å²) in [5.41, 5.74) is 0.734. The van der Waals surface area contributed by atoms with E-state index < -0.39 is 5.97 Å². The number of hydrogen-bond donors (Lipinski definition) is 1. The molecule has 0 saturated heterocycles. The number of carboxylic acids is 1. The predicted octanol–water partition coefficient (Wildman–Crippen LogP) is 3.95. The average molecular weight is 366 g/mol. The van der Waals surface area contributed by atoms with Gasteiger partial charge in [-0.25, -0.2) is 4.79 Å². The van der Waals surface area contributed by atoms with Gasteiger partial charge in [-0.05, 0) is 34.7 Å². The summed E-state index contributed by atoms with van der Waals surface area (Å²) in [4.78, 5) is 11.2. The van der Waals surface area contributed by atoms with Crippen LogP contribution in [-0.4, -0.2) is 11.1 Å². The molecule has 4 heteroatoms. The van der Waals surface area contributed by atoms with Gasteiger partial charge >= 0.3 is 5.97 Å². The van der Waals surface area contributed by atoms with Gasteiger partial charge in [-0.1, -0.05) is 48.5 Å². The van der Waals surface area contributed by atoms with Gasteiger partial charge in [-0.3, -0.25) is 0 Å². The number of rotatable bonds is 4. The first-order chi connectivity index (χ1) is 9.18. The van der Waals surface area contributed by atoms with Crippen LogP contribution in [-0.2, 0) is 4.79 Å². The number of ether oxygens (including phenoxy) is 1. The first-order valence-electron chi connectivity index (χ1n) is 5.60. The summed E-state index contributed by atoms with van der Waals surface area (Å²) in [5, 5.41) is 9.15. The van der Waals surface area contributed by atoms with Crippen molar-refractivity contribution in [1.29, 1.82) is 0 Å². The number of halogens is 1. The van der Waals surface area contributed by atoms with Crippen LogP contribution in [0.15, 0.2) is 64.2 Å². The molecule has 0 amide bonds. The van der Waals surface area contributed by atoms with E-state index in [1.807, 2.05) is 48.5 Å². The smallest absolute Gasteiger partial charge is 0.345 e. The highest BCUT2D eigenvalue weighted by Crippen LogP contribution is 2.27. The Morgan fingerprint density at radius 1 is 0.947 bits per heavy atom. The Morgan fingerprint density at radius 3 is 2.00 bits per heavy atom. The summed E-state index contributed by atoms with van der Waals surface area (Å²) < 4.78 is 5.86. The predicted molar refractivity (Wildman–Crippen MR) is 82.1 cm³/mol. The molecule has 0 aliphatic carbocycles. The van der Waals surface area contributed by atoms with Crippen LogP contribution < -0.4 is 4.74 Å². The molecule has 1 N–H and O–H groups in total. The molecule has 2 aromatic carbocycles. The summed E-state index contributed by atoms with van der Waals surface area (Å²) in [6.45, 7) is 0. The molecule has 0 aliphatic rings. The first-order valence-corrected chi connectivity index (χ1v) is 6.68. The number of carbonyl (C=O) groups is 1. The van der Waals surface area contributed by atoms with Crippen LogP contribution in [0.3, 0.4) is 0 Å². The zero-order chi connectivity index (χ0) is 13.7. The van der Waals surface area contributed by atoms with Crippen molar-refractivity contribution in [2.45, 2.75) is 0 Å². The second-order valence-corrected chi connectivity index (χ2v) is 4.81. The lowest BCUT2D eigenvalue weighted by Crippen LogP contribution is -2.03. The fourth-order valence-electron chi connectivity index (χ4n) is 1.52. The Morgan fingerprint density at radius 2 is 1.47 bits per heavy atom. The van der Waals surface area contributed by atoms with Gasteiger partial charge in [-0.15, -0.1) is 0 Å². The van der Waals surface area contributed by atoms with E-state index >= 15 is 0 Å². The molecule has 0 saturated carbocycles. The van der Waals surface area contributed by atoms with Crippen LogP contribution in [0.5, 0.6) is 5.75 Å². The van der Waals surface area contributed by atoms with Crippen LogP contribution in [0, 0.1) is 0 Å². The Bertz CT molecular complexity index is 591. The summed E-state index contributed by atoms with van der Waals surface area (Å²) in [5.74, 6) is -0.0490. The van der Waals surface area contributed by atoms with Crippen molar-refractivity contribution in [3.63, 3.8) is 0 Å². The molecule has 0 heterocycles. The lowest BCUT2D eigenvalue weighted by atomic mass is 10.2.